The van der Waals surface area contributed by atoms with Crippen molar-refractivity contribution >= 4 is 38.8 Å². The molecule has 0 aliphatic heterocycles. The summed E-state index contributed by atoms with van der Waals surface area (Å²) < 4.78 is 0.961. The molecule has 1 aliphatic rings. The lowest BCUT2D eigenvalue weighted by molar-refractivity contribution is 0.392. The Morgan fingerprint density at radius 2 is 2.21 bits per heavy atom. The van der Waals surface area contributed by atoms with Crippen LogP contribution in [-0.2, 0) is 0 Å². The van der Waals surface area contributed by atoms with Crippen LogP contribution in [0.15, 0.2) is 22.7 Å². The zero-order valence-electron chi connectivity index (χ0n) is 11.4. The van der Waals surface area contributed by atoms with Crippen LogP contribution in [0.1, 0.15) is 38.7 Å². The highest BCUT2D eigenvalue weighted by molar-refractivity contribution is 9.10. The van der Waals surface area contributed by atoms with E-state index in [0.717, 1.165) is 27.6 Å². The van der Waals surface area contributed by atoms with Crippen molar-refractivity contribution in [2.75, 3.05) is 5.32 Å². The third-order valence-electron chi connectivity index (χ3n) is 4.34. The second-order valence-electron chi connectivity index (χ2n) is 5.41. The van der Waals surface area contributed by atoms with E-state index in [-0.39, 0.29) is 0 Å². The summed E-state index contributed by atoms with van der Waals surface area (Å²) in [6, 6.07) is 6.68. The normalized spacial score (nSPS) is 26.4. The molecule has 1 aromatic carbocycles. The molecule has 4 heteroatoms. The van der Waals surface area contributed by atoms with Crippen molar-refractivity contribution < 1.29 is 0 Å². The molecule has 0 heterocycles. The van der Waals surface area contributed by atoms with Crippen molar-refractivity contribution in [2.45, 2.75) is 39.2 Å². The van der Waals surface area contributed by atoms with Gasteiger partial charge in [-0.3, -0.25) is 0 Å². The largest absolute Gasteiger partial charge is 0.389 e. The molecule has 0 aromatic heterocycles. The highest BCUT2D eigenvalue weighted by Gasteiger charge is 2.31. The number of hydrogen-bond acceptors (Lipinski definition) is 2. The molecular formula is C15H21BrN2S. The summed E-state index contributed by atoms with van der Waals surface area (Å²) >= 11 is 8.54. The van der Waals surface area contributed by atoms with E-state index in [1.165, 1.54) is 19.3 Å². The Bertz CT molecular complexity index is 475. The lowest BCUT2D eigenvalue weighted by Gasteiger charge is -2.22. The number of nitrogens with two attached hydrogens (primary N) is 1. The molecule has 2 nitrogen and oxygen atoms in total. The van der Waals surface area contributed by atoms with Crippen LogP contribution in [0.2, 0.25) is 0 Å². The lowest BCUT2D eigenvalue weighted by Crippen LogP contribution is -2.24. The summed E-state index contributed by atoms with van der Waals surface area (Å²) in [7, 11) is 0. The highest BCUT2D eigenvalue weighted by atomic mass is 79.9. The maximum Gasteiger partial charge on any atom is 0.105 e. The molecule has 3 unspecified atom stereocenters. The first-order valence-electron chi connectivity index (χ1n) is 6.88. The molecule has 0 radical (unpaired) electrons. The van der Waals surface area contributed by atoms with Crippen LogP contribution in [0, 0.1) is 11.8 Å². The molecule has 104 valence electrons. The average molecular weight is 341 g/mol. The highest BCUT2D eigenvalue weighted by Crippen LogP contribution is 2.36. The van der Waals surface area contributed by atoms with E-state index in [1.807, 2.05) is 6.07 Å². The van der Waals surface area contributed by atoms with Gasteiger partial charge >= 0.3 is 0 Å². The van der Waals surface area contributed by atoms with Crippen LogP contribution in [0.25, 0.3) is 0 Å². The number of anilines is 1. The van der Waals surface area contributed by atoms with Crippen LogP contribution in [0.4, 0.5) is 5.69 Å². The molecule has 1 aliphatic carbocycles. The van der Waals surface area contributed by atoms with Crippen molar-refractivity contribution in [1.29, 1.82) is 0 Å². The summed E-state index contributed by atoms with van der Waals surface area (Å²) in [5.41, 5.74) is 7.70. The average Bonchev–Trinajstić information content (AvgIpc) is 2.70. The van der Waals surface area contributed by atoms with Gasteiger partial charge in [0.1, 0.15) is 4.99 Å². The van der Waals surface area contributed by atoms with E-state index < -0.39 is 0 Å². The van der Waals surface area contributed by atoms with Gasteiger partial charge in [0, 0.05) is 21.8 Å². The Morgan fingerprint density at radius 1 is 1.47 bits per heavy atom. The van der Waals surface area contributed by atoms with Crippen molar-refractivity contribution in [1.82, 2.24) is 0 Å². The minimum absolute atomic E-state index is 0.429. The summed E-state index contributed by atoms with van der Waals surface area (Å²) in [5, 5.41) is 3.65. The number of thiocarbonyl (C=S) groups is 1. The Morgan fingerprint density at radius 3 is 2.74 bits per heavy atom. The second-order valence-corrected chi connectivity index (χ2v) is 6.71. The molecule has 3 N–H and O–H groups in total. The Hall–Kier alpha value is -0.610. The van der Waals surface area contributed by atoms with Crippen LogP contribution in [-0.4, -0.2) is 11.0 Å². The Balaban J connectivity index is 2.08. The van der Waals surface area contributed by atoms with Gasteiger partial charge in [-0.15, -0.1) is 0 Å². The lowest BCUT2D eigenvalue weighted by atomic mass is 9.93. The van der Waals surface area contributed by atoms with Gasteiger partial charge in [-0.05, 0) is 58.8 Å². The molecule has 0 spiro atoms. The molecule has 0 bridgehead atoms. The minimum atomic E-state index is 0.429. The number of benzene rings is 1. The zero-order chi connectivity index (χ0) is 14.0. The summed E-state index contributed by atoms with van der Waals surface area (Å²) in [5.74, 6) is 1.59. The first-order valence-corrected chi connectivity index (χ1v) is 8.09. The fourth-order valence-corrected chi connectivity index (χ4v) is 3.95. The van der Waals surface area contributed by atoms with Crippen molar-refractivity contribution in [2.24, 2.45) is 17.6 Å². The van der Waals surface area contributed by atoms with Crippen LogP contribution in [0.3, 0.4) is 0 Å². The van der Waals surface area contributed by atoms with E-state index in [9.17, 15) is 0 Å². The number of rotatable bonds is 4. The molecule has 1 aromatic rings. The summed E-state index contributed by atoms with van der Waals surface area (Å²) in [6.45, 7) is 4.65. The molecule has 1 fully saturated rings. The monoisotopic (exact) mass is 340 g/mol. The topological polar surface area (TPSA) is 38.0 Å². The van der Waals surface area contributed by atoms with Gasteiger partial charge in [0.05, 0.1) is 0 Å². The van der Waals surface area contributed by atoms with E-state index in [1.54, 1.807) is 0 Å². The quantitative estimate of drug-likeness (QED) is 0.801. The van der Waals surface area contributed by atoms with E-state index in [0.29, 0.717) is 11.0 Å². The molecular weight excluding hydrogens is 320 g/mol. The molecule has 2 rings (SSSR count). The van der Waals surface area contributed by atoms with Gasteiger partial charge in [-0.2, -0.15) is 0 Å². The number of hydrogen-bond donors (Lipinski definition) is 2. The Labute approximate surface area is 129 Å². The first kappa shape index (κ1) is 14.8. The fourth-order valence-electron chi connectivity index (χ4n) is 3.05. The Kier molecular flexibility index (Phi) is 4.85. The van der Waals surface area contributed by atoms with E-state index in [4.69, 9.17) is 18.0 Å². The third kappa shape index (κ3) is 3.29. The van der Waals surface area contributed by atoms with Gasteiger partial charge in [0.25, 0.3) is 0 Å². The van der Waals surface area contributed by atoms with Gasteiger partial charge < -0.3 is 11.1 Å². The summed E-state index contributed by atoms with van der Waals surface area (Å²) in [6.07, 6.45) is 3.87. The van der Waals surface area contributed by atoms with Crippen LogP contribution >= 0.6 is 28.1 Å². The number of halogens is 1. The second kappa shape index (κ2) is 6.23. The van der Waals surface area contributed by atoms with Gasteiger partial charge in [-0.1, -0.05) is 32.5 Å². The van der Waals surface area contributed by atoms with Gasteiger partial charge in [0.15, 0.2) is 0 Å². The van der Waals surface area contributed by atoms with Crippen LogP contribution < -0.4 is 11.1 Å². The van der Waals surface area contributed by atoms with Gasteiger partial charge in [-0.25, -0.2) is 0 Å². The van der Waals surface area contributed by atoms with Crippen molar-refractivity contribution in [3.05, 3.63) is 28.2 Å². The maximum absolute atomic E-state index is 5.67. The molecule has 1 saturated carbocycles. The molecule has 3 atom stereocenters. The van der Waals surface area contributed by atoms with Crippen molar-refractivity contribution in [3.8, 4) is 0 Å². The fraction of sp³-hybridized carbons (Fsp3) is 0.533. The maximum atomic E-state index is 5.67. The molecule has 0 saturated heterocycles. The molecule has 19 heavy (non-hydrogen) atoms. The van der Waals surface area contributed by atoms with Gasteiger partial charge in [0.2, 0.25) is 0 Å². The zero-order valence-corrected chi connectivity index (χ0v) is 13.9. The third-order valence-corrected chi connectivity index (χ3v) is 5.21. The van der Waals surface area contributed by atoms with E-state index >= 15 is 0 Å². The predicted octanol–water partition coefficient (Wildman–Crippen LogP) is 4.32. The number of nitrogens with one attached hydrogen (secondary N) is 1. The summed E-state index contributed by atoms with van der Waals surface area (Å²) in [4.78, 5) is 0.429. The van der Waals surface area contributed by atoms with Crippen molar-refractivity contribution in [3.63, 3.8) is 0 Å². The standard InChI is InChI=1S/C15H21BrN2S/c1-3-10-4-7-14(9(10)2)18-11-5-6-12(15(17)19)13(16)8-11/h5-6,8-10,14,18H,3-4,7H2,1-2H3,(H2,17,19). The first-order chi connectivity index (χ1) is 9.02. The predicted molar refractivity (Wildman–Crippen MR) is 89.6 cm³/mol. The molecule has 0 amide bonds. The van der Waals surface area contributed by atoms with E-state index in [2.05, 4.69) is 47.2 Å². The smallest absolute Gasteiger partial charge is 0.105 e. The minimum Gasteiger partial charge on any atom is -0.389 e. The SMILES string of the molecule is CCC1CCC(Nc2ccc(C(N)=S)c(Br)c2)C1C. The van der Waals surface area contributed by atoms with Crippen LogP contribution in [0.5, 0.6) is 0 Å².